The van der Waals surface area contributed by atoms with Gasteiger partial charge in [0.05, 0.1) is 30.9 Å². The normalized spacial score (nSPS) is 29.4. The minimum Gasteiger partial charge on any atom is -0.444 e. The van der Waals surface area contributed by atoms with E-state index in [9.17, 15) is 9.90 Å². The Hall–Kier alpha value is -1.07. The Labute approximate surface area is 152 Å². The Bertz CT molecular complexity index is 443. The number of fused-ring (bicyclic) bond motifs is 2. The van der Waals surface area contributed by atoms with Gasteiger partial charge < -0.3 is 14.6 Å². The standard InChI is InChI=1S/C20H35NO4/c1-5-6-7-8-9-10-11-20(23)12-16-14-24-15-17(13-20)21(16)18(22)25-19(2,3)4/h5,16-17,23H,1,6-15H2,2-4H3. The van der Waals surface area contributed by atoms with Crippen molar-refractivity contribution < 1.29 is 19.4 Å². The molecular weight excluding hydrogens is 318 g/mol. The Morgan fingerprint density at radius 3 is 2.40 bits per heavy atom. The number of carbonyl (C=O) groups is 1. The highest BCUT2D eigenvalue weighted by molar-refractivity contribution is 5.69. The van der Waals surface area contributed by atoms with E-state index in [0.29, 0.717) is 26.1 Å². The molecule has 0 aromatic carbocycles. The van der Waals surface area contributed by atoms with Crippen LogP contribution in [0.1, 0.15) is 72.1 Å². The van der Waals surface area contributed by atoms with Gasteiger partial charge in [-0.3, -0.25) is 4.90 Å². The number of morpholine rings is 1. The average Bonchev–Trinajstić information content (AvgIpc) is 2.48. The number of rotatable bonds is 7. The quantitative estimate of drug-likeness (QED) is 0.554. The van der Waals surface area contributed by atoms with E-state index < -0.39 is 11.2 Å². The van der Waals surface area contributed by atoms with Gasteiger partial charge in [0.15, 0.2) is 0 Å². The minimum absolute atomic E-state index is 0.0897. The molecule has 2 bridgehead atoms. The first-order valence-corrected chi connectivity index (χ1v) is 9.66. The SMILES string of the molecule is C=CCCCCCCC1(O)CC2COCC(C1)N2C(=O)OC(C)(C)C. The van der Waals surface area contributed by atoms with Gasteiger partial charge in [0.2, 0.25) is 0 Å². The summed E-state index contributed by atoms with van der Waals surface area (Å²) >= 11 is 0. The number of amides is 1. The van der Waals surface area contributed by atoms with Crippen LogP contribution in [0.25, 0.3) is 0 Å². The number of carbonyl (C=O) groups excluding carboxylic acids is 1. The fourth-order valence-corrected chi connectivity index (χ4v) is 3.99. The highest BCUT2D eigenvalue weighted by Gasteiger charge is 2.48. The zero-order valence-corrected chi connectivity index (χ0v) is 16.1. The number of unbranched alkanes of at least 4 members (excludes halogenated alkanes) is 4. The molecule has 0 aromatic rings. The van der Waals surface area contributed by atoms with E-state index in [0.717, 1.165) is 25.7 Å². The predicted molar refractivity (Wildman–Crippen MR) is 98.6 cm³/mol. The van der Waals surface area contributed by atoms with Crippen molar-refractivity contribution in [2.24, 2.45) is 0 Å². The van der Waals surface area contributed by atoms with Crippen LogP contribution in [0.15, 0.2) is 12.7 Å². The van der Waals surface area contributed by atoms with E-state index in [1.807, 2.05) is 31.7 Å². The summed E-state index contributed by atoms with van der Waals surface area (Å²) in [6.07, 6.45) is 9.23. The van der Waals surface area contributed by atoms with Crippen molar-refractivity contribution in [1.82, 2.24) is 4.90 Å². The third-order valence-electron chi connectivity index (χ3n) is 5.04. The van der Waals surface area contributed by atoms with Gasteiger partial charge in [-0.25, -0.2) is 4.79 Å². The molecule has 1 N–H and O–H groups in total. The fraction of sp³-hybridized carbons (Fsp3) is 0.850. The van der Waals surface area contributed by atoms with Gasteiger partial charge in [-0.1, -0.05) is 25.3 Å². The molecule has 0 aromatic heterocycles. The van der Waals surface area contributed by atoms with Crippen LogP contribution >= 0.6 is 0 Å². The van der Waals surface area contributed by atoms with Crippen LogP contribution in [0.5, 0.6) is 0 Å². The van der Waals surface area contributed by atoms with Gasteiger partial charge in [-0.2, -0.15) is 0 Å². The number of aliphatic hydroxyl groups is 1. The highest BCUT2D eigenvalue weighted by Crippen LogP contribution is 2.38. The fourth-order valence-electron chi connectivity index (χ4n) is 3.99. The smallest absolute Gasteiger partial charge is 0.410 e. The molecule has 2 unspecified atom stereocenters. The molecule has 0 radical (unpaired) electrons. The number of piperidine rings is 1. The molecule has 2 fully saturated rings. The average molecular weight is 354 g/mol. The number of nitrogens with zero attached hydrogens (tertiary/aromatic N) is 1. The molecule has 2 aliphatic heterocycles. The molecule has 2 aliphatic rings. The first-order valence-electron chi connectivity index (χ1n) is 9.66. The first kappa shape index (κ1) is 20.2. The van der Waals surface area contributed by atoms with Crippen LogP contribution in [0, 0.1) is 0 Å². The van der Waals surface area contributed by atoms with E-state index in [1.54, 1.807) is 0 Å². The van der Waals surface area contributed by atoms with Gasteiger partial charge in [0.25, 0.3) is 0 Å². The third kappa shape index (κ3) is 6.00. The van der Waals surface area contributed by atoms with Gasteiger partial charge >= 0.3 is 6.09 Å². The number of allylic oxidation sites excluding steroid dienone is 1. The molecule has 0 aliphatic carbocycles. The molecule has 2 heterocycles. The van der Waals surface area contributed by atoms with E-state index in [2.05, 4.69) is 6.58 Å². The summed E-state index contributed by atoms with van der Waals surface area (Å²) in [6.45, 7) is 10.3. The van der Waals surface area contributed by atoms with Gasteiger partial charge in [0, 0.05) is 0 Å². The molecule has 2 saturated heterocycles. The molecule has 0 saturated carbocycles. The minimum atomic E-state index is -0.684. The number of hydrogen-bond donors (Lipinski definition) is 1. The second-order valence-electron chi connectivity index (χ2n) is 8.61. The van der Waals surface area contributed by atoms with Crippen LogP contribution < -0.4 is 0 Å². The van der Waals surface area contributed by atoms with Gasteiger partial charge in [0.1, 0.15) is 5.60 Å². The summed E-state index contributed by atoms with van der Waals surface area (Å²) in [4.78, 5) is 14.4. The molecule has 2 atom stereocenters. The van der Waals surface area contributed by atoms with Gasteiger partial charge in [-0.15, -0.1) is 6.58 Å². The predicted octanol–water partition coefficient (Wildman–Crippen LogP) is 4.04. The maximum Gasteiger partial charge on any atom is 0.410 e. The summed E-state index contributed by atoms with van der Waals surface area (Å²) in [7, 11) is 0. The molecule has 5 nitrogen and oxygen atoms in total. The summed E-state index contributed by atoms with van der Waals surface area (Å²) in [5.41, 5.74) is -1.19. The molecule has 144 valence electrons. The highest BCUT2D eigenvalue weighted by atomic mass is 16.6. The second-order valence-corrected chi connectivity index (χ2v) is 8.61. The van der Waals surface area contributed by atoms with Crippen molar-refractivity contribution >= 4 is 6.09 Å². The Kier molecular flexibility index (Phi) is 6.92. The topological polar surface area (TPSA) is 59.0 Å². The Morgan fingerprint density at radius 1 is 1.24 bits per heavy atom. The molecule has 1 amide bonds. The van der Waals surface area contributed by atoms with Crippen molar-refractivity contribution in [3.8, 4) is 0 Å². The monoisotopic (exact) mass is 353 g/mol. The maximum absolute atomic E-state index is 12.6. The lowest BCUT2D eigenvalue weighted by molar-refractivity contribution is -0.140. The van der Waals surface area contributed by atoms with Crippen LogP contribution in [0.4, 0.5) is 4.79 Å². The molecule has 0 spiro atoms. The summed E-state index contributed by atoms with van der Waals surface area (Å²) in [5, 5.41) is 11.1. The maximum atomic E-state index is 12.6. The van der Waals surface area contributed by atoms with Crippen LogP contribution in [0.3, 0.4) is 0 Å². The lowest BCUT2D eigenvalue weighted by Crippen LogP contribution is -2.64. The largest absolute Gasteiger partial charge is 0.444 e. The number of hydrogen-bond acceptors (Lipinski definition) is 4. The van der Waals surface area contributed by atoms with Crippen LogP contribution in [-0.4, -0.2) is 52.6 Å². The van der Waals surface area contributed by atoms with Crippen molar-refractivity contribution in [3.05, 3.63) is 12.7 Å². The van der Waals surface area contributed by atoms with E-state index in [-0.39, 0.29) is 18.2 Å². The second kappa shape index (κ2) is 8.54. The van der Waals surface area contributed by atoms with Crippen LogP contribution in [0.2, 0.25) is 0 Å². The van der Waals surface area contributed by atoms with Crippen molar-refractivity contribution in [3.63, 3.8) is 0 Å². The van der Waals surface area contributed by atoms with E-state index in [1.165, 1.54) is 12.8 Å². The lowest BCUT2D eigenvalue weighted by atomic mass is 9.78. The van der Waals surface area contributed by atoms with Crippen LogP contribution in [-0.2, 0) is 9.47 Å². The van der Waals surface area contributed by atoms with Crippen molar-refractivity contribution in [2.45, 2.75) is 95.4 Å². The molecular formula is C20H35NO4. The molecule has 25 heavy (non-hydrogen) atoms. The van der Waals surface area contributed by atoms with E-state index >= 15 is 0 Å². The summed E-state index contributed by atoms with van der Waals surface area (Å²) in [6, 6.07) is -0.179. The zero-order chi connectivity index (χ0) is 18.5. The summed E-state index contributed by atoms with van der Waals surface area (Å²) < 4.78 is 11.2. The van der Waals surface area contributed by atoms with Gasteiger partial charge in [-0.05, 0) is 52.9 Å². The van der Waals surface area contributed by atoms with E-state index in [4.69, 9.17) is 9.47 Å². The number of ether oxygens (including phenoxy) is 2. The summed E-state index contributed by atoms with van der Waals surface area (Å²) in [5.74, 6) is 0. The van der Waals surface area contributed by atoms with Crippen molar-refractivity contribution in [2.75, 3.05) is 13.2 Å². The lowest BCUT2D eigenvalue weighted by Gasteiger charge is -2.51. The Morgan fingerprint density at radius 2 is 1.84 bits per heavy atom. The zero-order valence-electron chi connectivity index (χ0n) is 16.1. The third-order valence-corrected chi connectivity index (χ3v) is 5.04. The molecule has 2 rings (SSSR count). The first-order chi connectivity index (χ1) is 11.7. The Balaban J connectivity index is 1.89. The van der Waals surface area contributed by atoms with Crippen molar-refractivity contribution in [1.29, 1.82) is 0 Å². The molecule has 5 heteroatoms.